The maximum absolute atomic E-state index is 10.2. The Morgan fingerprint density at radius 2 is 2.22 bits per heavy atom. The van der Waals surface area contributed by atoms with E-state index in [1.165, 1.54) is 7.11 Å². The van der Waals surface area contributed by atoms with Crippen molar-refractivity contribution in [1.82, 2.24) is 10.9 Å². The van der Waals surface area contributed by atoms with Crippen molar-refractivity contribution in [3.63, 3.8) is 0 Å². The molecule has 0 aromatic rings. The first-order chi connectivity index (χ1) is 4.16. The molecule has 0 bridgehead atoms. The fraction of sp³-hybridized carbons (Fsp3) is 0.333. The van der Waals surface area contributed by atoms with E-state index in [2.05, 4.69) is 27.8 Å². The van der Waals surface area contributed by atoms with Crippen LogP contribution in [-0.4, -0.2) is 18.3 Å². The maximum Gasteiger partial charge on any atom is 0.425 e. The lowest BCUT2D eigenvalue weighted by Crippen LogP contribution is -2.44. The van der Waals surface area contributed by atoms with Gasteiger partial charge in [0.1, 0.15) is 0 Å². The number of hydrazine groups is 1. The number of nitrogens with one attached hydrogen (secondary N) is 2. The first-order valence-corrected chi connectivity index (χ1v) is 2.47. The van der Waals surface area contributed by atoms with Gasteiger partial charge in [0, 0.05) is 0 Å². The molecule has 0 unspecified atom stereocenters. The van der Waals surface area contributed by atoms with Crippen molar-refractivity contribution in [3.8, 4) is 0 Å². The van der Waals surface area contributed by atoms with Crippen LogP contribution in [0.5, 0.6) is 0 Å². The molecule has 5 nitrogen and oxygen atoms in total. The van der Waals surface area contributed by atoms with E-state index < -0.39 is 6.09 Å². The molecule has 0 aliphatic carbocycles. The second-order valence-corrected chi connectivity index (χ2v) is 1.55. The van der Waals surface area contributed by atoms with Crippen LogP contribution in [0.1, 0.15) is 0 Å². The third-order valence-corrected chi connectivity index (χ3v) is 0.575. The van der Waals surface area contributed by atoms with Gasteiger partial charge in [-0.3, -0.25) is 5.43 Å². The quantitative estimate of drug-likeness (QED) is 0.307. The molecule has 4 N–H and O–H groups in total. The predicted molar refractivity (Wildman–Crippen MR) is 35.5 cm³/mol. The van der Waals surface area contributed by atoms with Gasteiger partial charge in [-0.25, -0.2) is 10.2 Å². The Morgan fingerprint density at radius 3 is 2.56 bits per heavy atom. The molecule has 0 aliphatic heterocycles. The van der Waals surface area contributed by atoms with Crippen LogP contribution in [0.4, 0.5) is 4.79 Å². The Balaban J connectivity index is 3.28. The molecule has 0 spiro atoms. The maximum atomic E-state index is 10.2. The van der Waals surface area contributed by atoms with Crippen molar-refractivity contribution in [3.05, 3.63) is 0 Å². The predicted octanol–water partition coefficient (Wildman–Crippen LogP) is -0.909. The Labute approximate surface area is 57.5 Å². The summed E-state index contributed by atoms with van der Waals surface area (Å²) in [5.74, 6) is 0. The molecule has 0 aliphatic rings. The van der Waals surface area contributed by atoms with E-state index in [1.54, 1.807) is 0 Å². The molecule has 0 saturated carbocycles. The Kier molecular flexibility index (Phi) is 3.45. The number of amides is 1. The van der Waals surface area contributed by atoms with Crippen LogP contribution in [0.3, 0.4) is 0 Å². The minimum Gasteiger partial charge on any atom is -0.452 e. The third-order valence-electron chi connectivity index (χ3n) is 0.473. The lowest BCUT2D eigenvalue weighted by atomic mass is 11.1. The average molecular weight is 149 g/mol. The first kappa shape index (κ1) is 7.96. The van der Waals surface area contributed by atoms with Crippen LogP contribution >= 0.6 is 12.2 Å². The van der Waals surface area contributed by atoms with Crippen molar-refractivity contribution in [2.45, 2.75) is 0 Å². The second kappa shape index (κ2) is 3.90. The lowest BCUT2D eigenvalue weighted by Gasteiger charge is -2.02. The smallest absolute Gasteiger partial charge is 0.425 e. The lowest BCUT2D eigenvalue weighted by molar-refractivity contribution is 0.169. The van der Waals surface area contributed by atoms with Crippen LogP contribution in [-0.2, 0) is 4.74 Å². The fourth-order valence-electron chi connectivity index (χ4n) is 0.164. The largest absolute Gasteiger partial charge is 0.452 e. The van der Waals surface area contributed by atoms with Gasteiger partial charge in [-0.1, -0.05) is 0 Å². The van der Waals surface area contributed by atoms with Crippen LogP contribution in [0, 0.1) is 0 Å². The standard InChI is InChI=1S/C3H7N3O2S/c1-8-3(7)6-5-2(4)9/h1H3,(H,6,7)(H3,4,5,9). The molecule has 0 atom stereocenters. The highest BCUT2D eigenvalue weighted by atomic mass is 32.1. The molecule has 0 fully saturated rings. The van der Waals surface area contributed by atoms with E-state index in [0.29, 0.717) is 0 Å². The monoisotopic (exact) mass is 149 g/mol. The molecule has 0 aromatic heterocycles. The van der Waals surface area contributed by atoms with Crippen LogP contribution < -0.4 is 16.6 Å². The van der Waals surface area contributed by atoms with E-state index in [-0.39, 0.29) is 5.11 Å². The fourth-order valence-corrected chi connectivity index (χ4v) is 0.215. The summed E-state index contributed by atoms with van der Waals surface area (Å²) in [6.07, 6.45) is -0.636. The molecule has 0 radical (unpaired) electrons. The summed E-state index contributed by atoms with van der Waals surface area (Å²) in [5, 5.41) is -0.0135. The van der Waals surface area contributed by atoms with E-state index in [1.807, 2.05) is 0 Å². The van der Waals surface area contributed by atoms with Gasteiger partial charge in [0.05, 0.1) is 7.11 Å². The van der Waals surface area contributed by atoms with Gasteiger partial charge >= 0.3 is 6.09 Å². The van der Waals surface area contributed by atoms with Crippen molar-refractivity contribution >= 4 is 23.4 Å². The third kappa shape index (κ3) is 4.82. The number of rotatable bonds is 0. The highest BCUT2D eigenvalue weighted by Crippen LogP contribution is 1.64. The summed E-state index contributed by atoms with van der Waals surface area (Å²) >= 11 is 4.36. The number of nitrogens with two attached hydrogens (primary N) is 1. The van der Waals surface area contributed by atoms with E-state index in [4.69, 9.17) is 5.73 Å². The number of ether oxygens (including phenoxy) is 1. The number of hydrogen-bond donors (Lipinski definition) is 3. The summed E-state index contributed by atoms with van der Waals surface area (Å²) < 4.78 is 4.17. The molecule has 9 heavy (non-hydrogen) atoms. The first-order valence-electron chi connectivity index (χ1n) is 2.06. The van der Waals surface area contributed by atoms with Gasteiger partial charge in [0.25, 0.3) is 0 Å². The van der Waals surface area contributed by atoms with Crippen LogP contribution in [0.2, 0.25) is 0 Å². The second-order valence-electron chi connectivity index (χ2n) is 1.11. The van der Waals surface area contributed by atoms with E-state index in [0.717, 1.165) is 0 Å². The highest BCUT2D eigenvalue weighted by molar-refractivity contribution is 7.80. The molecule has 1 amide bonds. The zero-order valence-electron chi connectivity index (χ0n) is 4.80. The summed E-state index contributed by atoms with van der Waals surface area (Å²) in [6, 6.07) is 0. The van der Waals surface area contributed by atoms with Crippen molar-refractivity contribution in [2.24, 2.45) is 5.73 Å². The topological polar surface area (TPSA) is 76.4 Å². The highest BCUT2D eigenvalue weighted by Gasteiger charge is 1.93. The zero-order chi connectivity index (χ0) is 7.28. The molecule has 0 heterocycles. The summed E-state index contributed by atoms with van der Waals surface area (Å²) in [7, 11) is 1.23. The number of thiocarbonyl (C=S) groups is 1. The van der Waals surface area contributed by atoms with Gasteiger partial charge in [-0.15, -0.1) is 0 Å². The van der Waals surface area contributed by atoms with E-state index in [9.17, 15) is 4.79 Å². The van der Waals surface area contributed by atoms with Gasteiger partial charge < -0.3 is 10.5 Å². The Hall–Kier alpha value is -1.04. The van der Waals surface area contributed by atoms with Crippen molar-refractivity contribution in [2.75, 3.05) is 7.11 Å². The van der Waals surface area contributed by atoms with E-state index >= 15 is 0 Å². The molecule has 52 valence electrons. The Morgan fingerprint density at radius 1 is 1.67 bits per heavy atom. The van der Waals surface area contributed by atoms with Gasteiger partial charge in [0.15, 0.2) is 5.11 Å². The zero-order valence-corrected chi connectivity index (χ0v) is 5.62. The van der Waals surface area contributed by atoms with Gasteiger partial charge in [-0.05, 0) is 12.2 Å². The molecular formula is C3H7N3O2S. The normalized spacial score (nSPS) is 7.67. The Bertz CT molecular complexity index is 126. The molecule has 6 heteroatoms. The number of hydrogen-bond acceptors (Lipinski definition) is 3. The minimum absolute atomic E-state index is 0.0135. The number of carbonyl (C=O) groups excluding carboxylic acids is 1. The average Bonchev–Trinajstić information content (AvgIpc) is 1.83. The summed E-state index contributed by atoms with van der Waals surface area (Å²) in [6.45, 7) is 0. The number of methoxy groups -OCH3 is 1. The molecule has 0 rings (SSSR count). The van der Waals surface area contributed by atoms with Gasteiger partial charge in [-0.2, -0.15) is 0 Å². The summed E-state index contributed by atoms with van der Waals surface area (Å²) in [4.78, 5) is 10.2. The minimum atomic E-state index is -0.636. The van der Waals surface area contributed by atoms with Crippen molar-refractivity contribution < 1.29 is 9.53 Å². The summed E-state index contributed by atoms with van der Waals surface area (Å²) in [5.41, 5.74) is 9.18. The molecule has 0 aromatic carbocycles. The van der Waals surface area contributed by atoms with Crippen LogP contribution in [0.25, 0.3) is 0 Å². The van der Waals surface area contributed by atoms with Gasteiger partial charge in [0.2, 0.25) is 0 Å². The number of carbonyl (C=O) groups is 1. The molecular weight excluding hydrogens is 142 g/mol. The molecule has 0 saturated heterocycles. The van der Waals surface area contributed by atoms with Crippen LogP contribution in [0.15, 0.2) is 0 Å². The van der Waals surface area contributed by atoms with Crippen molar-refractivity contribution in [1.29, 1.82) is 0 Å². The SMILES string of the molecule is COC(=O)NNC(N)=S.